The van der Waals surface area contributed by atoms with Gasteiger partial charge in [0, 0.05) is 44.3 Å². The molecule has 34 heavy (non-hydrogen) atoms. The van der Waals surface area contributed by atoms with Crippen molar-refractivity contribution in [3.63, 3.8) is 0 Å². The van der Waals surface area contributed by atoms with Gasteiger partial charge in [0.05, 0.1) is 24.9 Å². The minimum Gasteiger partial charge on any atom is -0.378 e. The summed E-state index contributed by atoms with van der Waals surface area (Å²) in [6.07, 6.45) is 1.72. The Hall–Kier alpha value is -2.95. The first kappa shape index (κ1) is 24.2. The fourth-order valence-corrected chi connectivity index (χ4v) is 3.93. The lowest BCUT2D eigenvalue weighted by Crippen LogP contribution is -2.36. The van der Waals surface area contributed by atoms with Crippen LogP contribution in [0.5, 0.6) is 0 Å². The van der Waals surface area contributed by atoms with E-state index in [4.69, 9.17) is 14.2 Å². The van der Waals surface area contributed by atoms with Crippen molar-refractivity contribution in [2.24, 2.45) is 0 Å². The molecular formula is C24H29F2N5O3. The molecule has 182 valence electrons. The van der Waals surface area contributed by atoms with Gasteiger partial charge >= 0.3 is 0 Å². The minimum absolute atomic E-state index is 0.0908. The Morgan fingerprint density at radius 3 is 2.68 bits per heavy atom. The first-order chi connectivity index (χ1) is 16.4. The maximum Gasteiger partial charge on any atom is 0.296 e. The van der Waals surface area contributed by atoms with Gasteiger partial charge in [0.2, 0.25) is 0 Å². The van der Waals surface area contributed by atoms with Crippen molar-refractivity contribution < 1.29 is 23.0 Å². The van der Waals surface area contributed by atoms with Crippen LogP contribution >= 0.6 is 0 Å². The van der Waals surface area contributed by atoms with E-state index in [-0.39, 0.29) is 18.2 Å². The van der Waals surface area contributed by atoms with Crippen LogP contribution in [0.25, 0.3) is 10.9 Å². The van der Waals surface area contributed by atoms with Crippen LogP contribution in [0.4, 0.5) is 20.4 Å². The largest absolute Gasteiger partial charge is 0.378 e. The molecule has 1 aliphatic heterocycles. The monoisotopic (exact) mass is 473 g/mol. The van der Waals surface area contributed by atoms with E-state index in [2.05, 4.69) is 25.2 Å². The van der Waals surface area contributed by atoms with E-state index in [1.165, 1.54) is 19.2 Å². The minimum atomic E-state index is -3.07. The van der Waals surface area contributed by atoms with Gasteiger partial charge in [-0.2, -0.15) is 8.78 Å². The Kier molecular flexibility index (Phi) is 7.50. The zero-order valence-electron chi connectivity index (χ0n) is 19.6. The SMILES string of the molecule is COCc1nc(N[C@H](C)c2cccc(C(F)(F)COC)c2)c2cc(N3CCOCC3)ncc2n1. The molecule has 0 saturated carbocycles. The molecule has 0 spiro atoms. The molecule has 0 unspecified atom stereocenters. The topological polar surface area (TPSA) is 81.6 Å². The number of methoxy groups -OCH3 is 2. The normalized spacial score (nSPS) is 15.5. The Bertz CT molecular complexity index is 1120. The maximum absolute atomic E-state index is 14.4. The van der Waals surface area contributed by atoms with Crippen molar-refractivity contribution in [2.45, 2.75) is 25.5 Å². The Balaban J connectivity index is 1.68. The average Bonchev–Trinajstić information content (AvgIpc) is 2.84. The van der Waals surface area contributed by atoms with Crippen LogP contribution in [-0.4, -0.2) is 62.1 Å². The number of halogens is 2. The smallest absolute Gasteiger partial charge is 0.296 e. The molecule has 1 fully saturated rings. The number of hydrogen-bond acceptors (Lipinski definition) is 8. The lowest BCUT2D eigenvalue weighted by molar-refractivity contribution is -0.0698. The number of morpholine rings is 1. The molecule has 3 aromatic rings. The van der Waals surface area contributed by atoms with Crippen molar-refractivity contribution in [3.8, 4) is 0 Å². The van der Waals surface area contributed by atoms with E-state index in [0.717, 1.165) is 24.3 Å². The second-order valence-corrected chi connectivity index (χ2v) is 8.21. The van der Waals surface area contributed by atoms with E-state index >= 15 is 0 Å². The highest BCUT2D eigenvalue weighted by Crippen LogP contribution is 2.32. The van der Waals surface area contributed by atoms with Crippen molar-refractivity contribution in [1.82, 2.24) is 15.0 Å². The van der Waals surface area contributed by atoms with Crippen LogP contribution in [0.2, 0.25) is 0 Å². The highest BCUT2D eigenvalue weighted by molar-refractivity contribution is 5.90. The highest BCUT2D eigenvalue weighted by Gasteiger charge is 2.32. The van der Waals surface area contributed by atoms with Crippen molar-refractivity contribution >= 4 is 22.5 Å². The van der Waals surface area contributed by atoms with Gasteiger partial charge in [-0.15, -0.1) is 0 Å². The number of nitrogens with one attached hydrogen (secondary N) is 1. The number of nitrogens with zero attached hydrogens (tertiary/aromatic N) is 4. The number of benzene rings is 1. The predicted molar refractivity (Wildman–Crippen MR) is 125 cm³/mol. The van der Waals surface area contributed by atoms with Gasteiger partial charge in [-0.25, -0.2) is 15.0 Å². The number of ether oxygens (including phenoxy) is 3. The molecule has 0 bridgehead atoms. The highest BCUT2D eigenvalue weighted by atomic mass is 19.3. The second-order valence-electron chi connectivity index (χ2n) is 8.21. The predicted octanol–water partition coefficient (Wildman–Crippen LogP) is 3.92. The maximum atomic E-state index is 14.4. The molecule has 2 aromatic heterocycles. The molecule has 1 atom stereocenters. The lowest BCUT2D eigenvalue weighted by Gasteiger charge is -2.28. The van der Waals surface area contributed by atoms with Crippen LogP contribution < -0.4 is 10.2 Å². The number of fused-ring (bicyclic) bond motifs is 1. The van der Waals surface area contributed by atoms with E-state index in [1.54, 1.807) is 19.4 Å². The molecule has 1 N–H and O–H groups in total. The summed E-state index contributed by atoms with van der Waals surface area (Å²) in [7, 11) is 2.84. The molecule has 1 aliphatic rings. The van der Waals surface area contributed by atoms with E-state index in [1.807, 2.05) is 19.1 Å². The lowest BCUT2D eigenvalue weighted by atomic mass is 10.0. The third-order valence-electron chi connectivity index (χ3n) is 5.71. The molecule has 0 radical (unpaired) electrons. The summed E-state index contributed by atoms with van der Waals surface area (Å²) in [6, 6.07) is 8.00. The third kappa shape index (κ3) is 5.40. The summed E-state index contributed by atoms with van der Waals surface area (Å²) in [5.74, 6) is -1.16. The summed E-state index contributed by atoms with van der Waals surface area (Å²) in [4.78, 5) is 16.0. The fourth-order valence-electron chi connectivity index (χ4n) is 3.93. The Morgan fingerprint density at radius 2 is 1.94 bits per heavy atom. The molecule has 0 aliphatic carbocycles. The summed E-state index contributed by atoms with van der Waals surface area (Å²) < 4.78 is 44.1. The van der Waals surface area contributed by atoms with Crippen LogP contribution in [0.3, 0.4) is 0 Å². The van der Waals surface area contributed by atoms with Gasteiger partial charge in [-0.3, -0.25) is 0 Å². The number of hydrogen-bond donors (Lipinski definition) is 1. The van der Waals surface area contributed by atoms with Crippen molar-refractivity contribution in [1.29, 1.82) is 0 Å². The van der Waals surface area contributed by atoms with Gasteiger partial charge in [-0.1, -0.05) is 18.2 Å². The molecule has 8 nitrogen and oxygen atoms in total. The van der Waals surface area contributed by atoms with Gasteiger partial charge in [0.1, 0.15) is 24.8 Å². The first-order valence-corrected chi connectivity index (χ1v) is 11.1. The summed E-state index contributed by atoms with van der Waals surface area (Å²) >= 11 is 0. The number of rotatable bonds is 9. The van der Waals surface area contributed by atoms with Gasteiger partial charge in [-0.05, 0) is 24.6 Å². The van der Waals surface area contributed by atoms with Crippen molar-refractivity contribution in [3.05, 3.63) is 53.5 Å². The first-order valence-electron chi connectivity index (χ1n) is 11.1. The van der Waals surface area contributed by atoms with Crippen molar-refractivity contribution in [2.75, 3.05) is 57.3 Å². The number of aromatic nitrogens is 3. The number of anilines is 2. The summed E-state index contributed by atoms with van der Waals surface area (Å²) in [5.41, 5.74) is 1.29. The fraction of sp³-hybridized carbons (Fsp3) is 0.458. The van der Waals surface area contributed by atoms with Gasteiger partial charge < -0.3 is 24.4 Å². The third-order valence-corrected chi connectivity index (χ3v) is 5.71. The summed E-state index contributed by atoms with van der Waals surface area (Å²) in [5, 5.41) is 4.18. The second kappa shape index (κ2) is 10.5. The van der Waals surface area contributed by atoms with Crippen LogP contribution in [0.1, 0.15) is 29.9 Å². The number of alkyl halides is 2. The number of pyridine rings is 1. The van der Waals surface area contributed by atoms with Crippen LogP contribution in [-0.2, 0) is 26.7 Å². The molecular weight excluding hydrogens is 444 g/mol. The van der Waals surface area contributed by atoms with E-state index in [9.17, 15) is 8.78 Å². The van der Waals surface area contributed by atoms with Crippen LogP contribution in [0.15, 0.2) is 36.5 Å². The van der Waals surface area contributed by atoms with Crippen LogP contribution in [0, 0.1) is 0 Å². The Labute approximate surface area is 197 Å². The zero-order chi connectivity index (χ0) is 24.1. The zero-order valence-corrected chi connectivity index (χ0v) is 19.6. The molecule has 4 rings (SSSR count). The molecule has 0 amide bonds. The average molecular weight is 474 g/mol. The molecule has 1 aromatic carbocycles. The molecule has 1 saturated heterocycles. The Morgan fingerprint density at radius 1 is 1.15 bits per heavy atom. The van der Waals surface area contributed by atoms with Gasteiger partial charge in [0.15, 0.2) is 5.82 Å². The standard InChI is InChI=1S/C24H29F2N5O3/c1-16(17-5-4-6-18(11-17)24(25,26)15-33-3)28-23-19-12-22(31-7-9-34-10-8-31)27-13-20(19)29-21(30-23)14-32-2/h4-6,11-13,16H,7-10,14-15H2,1-3H3,(H,28,29,30)/t16-/m1/s1. The quantitative estimate of drug-likeness (QED) is 0.501. The molecule has 10 heteroatoms. The van der Waals surface area contributed by atoms with E-state index in [0.29, 0.717) is 35.9 Å². The molecule has 3 heterocycles. The summed E-state index contributed by atoms with van der Waals surface area (Å²) in [6.45, 7) is 4.27. The van der Waals surface area contributed by atoms with Gasteiger partial charge in [0.25, 0.3) is 5.92 Å². The van der Waals surface area contributed by atoms with E-state index < -0.39 is 12.5 Å².